The summed E-state index contributed by atoms with van der Waals surface area (Å²) >= 11 is 6.13. The number of ether oxygens (including phenoxy) is 2. The third kappa shape index (κ3) is 4.71. The molecule has 41 heavy (non-hydrogen) atoms. The van der Waals surface area contributed by atoms with Crippen LogP contribution in [0.1, 0.15) is 38.7 Å². The van der Waals surface area contributed by atoms with E-state index in [4.69, 9.17) is 21.1 Å². The summed E-state index contributed by atoms with van der Waals surface area (Å²) in [5.41, 5.74) is 0.0678. The van der Waals surface area contributed by atoms with Gasteiger partial charge in [0.2, 0.25) is 17.7 Å². The number of nitrogens with zero attached hydrogens (tertiary/aromatic N) is 1. The van der Waals surface area contributed by atoms with Gasteiger partial charge in [0.25, 0.3) is 0 Å². The number of hydrogen-bond donors (Lipinski definition) is 2. The van der Waals surface area contributed by atoms with Gasteiger partial charge in [0.15, 0.2) is 0 Å². The van der Waals surface area contributed by atoms with Crippen LogP contribution in [-0.4, -0.2) is 53.5 Å². The molecule has 1 spiro atoms. The summed E-state index contributed by atoms with van der Waals surface area (Å²) in [5, 5.41) is 6.70. The lowest BCUT2D eigenvalue weighted by Gasteiger charge is -2.38. The largest absolute Gasteiger partial charge is 0.496 e. The summed E-state index contributed by atoms with van der Waals surface area (Å²) in [5.74, 6) is -1.07. The topological polar surface area (TPSA) is 97.0 Å². The van der Waals surface area contributed by atoms with Gasteiger partial charge in [-0.3, -0.25) is 14.4 Å². The third-order valence-corrected chi connectivity index (χ3v) is 9.82. The molecule has 4 aliphatic rings. The number of amides is 3. The lowest BCUT2D eigenvalue weighted by atomic mass is 9.73. The minimum absolute atomic E-state index is 0.00872. The summed E-state index contributed by atoms with van der Waals surface area (Å²) in [7, 11) is 1.58. The fourth-order valence-electron chi connectivity index (χ4n) is 7.29. The number of likely N-dealkylation sites (tertiary alicyclic amines) is 1. The number of benzene rings is 2. The normalized spacial score (nSPS) is 33.5. The molecule has 0 radical (unpaired) electrons. The van der Waals surface area contributed by atoms with Gasteiger partial charge in [0, 0.05) is 22.3 Å². The van der Waals surface area contributed by atoms with Crippen molar-refractivity contribution in [2.75, 3.05) is 12.4 Å². The van der Waals surface area contributed by atoms with Crippen LogP contribution in [0.5, 0.6) is 5.75 Å². The highest BCUT2D eigenvalue weighted by molar-refractivity contribution is 6.30. The quantitative estimate of drug-likeness (QED) is 0.470. The van der Waals surface area contributed by atoms with E-state index in [2.05, 4.69) is 24.5 Å². The molecule has 8 atom stereocenters. The molecule has 1 aliphatic carbocycles. The van der Waals surface area contributed by atoms with E-state index in [9.17, 15) is 14.4 Å². The van der Waals surface area contributed by atoms with Gasteiger partial charge < -0.3 is 25.0 Å². The first-order chi connectivity index (χ1) is 19.7. The average molecular weight is 578 g/mol. The first kappa shape index (κ1) is 27.8. The van der Waals surface area contributed by atoms with Gasteiger partial charge >= 0.3 is 0 Å². The van der Waals surface area contributed by atoms with Crippen molar-refractivity contribution in [2.24, 2.45) is 23.7 Å². The van der Waals surface area contributed by atoms with Gasteiger partial charge in [-0.25, -0.2) is 0 Å². The molecule has 6 rings (SSSR count). The second kappa shape index (κ2) is 10.8. The maximum atomic E-state index is 14.3. The van der Waals surface area contributed by atoms with Crippen LogP contribution in [0.15, 0.2) is 60.7 Å². The van der Waals surface area contributed by atoms with Crippen molar-refractivity contribution in [3.05, 3.63) is 71.3 Å². The molecule has 8 nitrogen and oxygen atoms in total. The molecule has 3 heterocycles. The van der Waals surface area contributed by atoms with Crippen molar-refractivity contribution in [1.82, 2.24) is 10.2 Å². The highest BCUT2D eigenvalue weighted by Crippen LogP contribution is 2.55. The van der Waals surface area contributed by atoms with Crippen LogP contribution < -0.4 is 15.4 Å². The van der Waals surface area contributed by atoms with Gasteiger partial charge in [-0.15, -0.1) is 0 Å². The van der Waals surface area contributed by atoms with Gasteiger partial charge in [0.05, 0.1) is 31.6 Å². The van der Waals surface area contributed by atoms with E-state index in [-0.39, 0.29) is 30.3 Å². The molecular formula is C32H36ClN3O5. The Bertz CT molecular complexity index is 1400. The van der Waals surface area contributed by atoms with Crippen LogP contribution in [0.3, 0.4) is 0 Å². The second-order valence-corrected chi connectivity index (χ2v) is 12.3. The van der Waals surface area contributed by atoms with Crippen molar-refractivity contribution < 1.29 is 23.9 Å². The van der Waals surface area contributed by atoms with Crippen LogP contribution in [0.2, 0.25) is 5.02 Å². The Morgan fingerprint density at radius 1 is 1.12 bits per heavy atom. The molecule has 2 N–H and O–H groups in total. The fourth-order valence-corrected chi connectivity index (χ4v) is 7.48. The number of para-hydroxylation sites is 1. The summed E-state index contributed by atoms with van der Waals surface area (Å²) in [6.45, 7) is 4.55. The van der Waals surface area contributed by atoms with Crippen molar-refractivity contribution in [1.29, 1.82) is 0 Å². The van der Waals surface area contributed by atoms with E-state index in [0.29, 0.717) is 28.3 Å². The minimum atomic E-state index is -1.24. The molecule has 0 unspecified atom stereocenters. The Hall–Kier alpha value is -3.36. The molecule has 3 aliphatic heterocycles. The van der Waals surface area contributed by atoms with Crippen molar-refractivity contribution in [3.63, 3.8) is 0 Å². The maximum Gasteiger partial charge on any atom is 0.246 e. The van der Waals surface area contributed by atoms with E-state index in [1.54, 1.807) is 36.3 Å². The standard InChI is InChI=1S/C32H36ClN3O5/c1-18-8-6-12-23(19(18)2)35-30(38)28-32-15-14-25(41-32)26(29(37)34-22-11-7-10-21(33)16-22)27(32)31(39)36(28)17-20-9-4-5-13-24(20)40-3/h4-5,7,9-11,13-16,18-19,23,25-28H,6,8,12,17H2,1-3H3,(H,34,37)(H,35,38)/t18-,19+,23-,25-,26-,27-,28+,32+/m1/s1. The molecule has 3 amide bonds. The number of methoxy groups -OCH3 is 1. The monoisotopic (exact) mass is 577 g/mol. The van der Waals surface area contributed by atoms with Crippen LogP contribution in [-0.2, 0) is 25.7 Å². The number of nitrogens with one attached hydrogen (secondary N) is 2. The Morgan fingerprint density at radius 3 is 2.71 bits per heavy atom. The van der Waals surface area contributed by atoms with E-state index in [1.807, 2.05) is 36.4 Å². The van der Waals surface area contributed by atoms with Gasteiger partial charge in [-0.05, 0) is 42.5 Å². The lowest BCUT2D eigenvalue weighted by Crippen LogP contribution is -2.57. The number of carbonyl (C=O) groups excluding carboxylic acids is 3. The molecule has 3 fully saturated rings. The molecular weight excluding hydrogens is 542 g/mol. The smallest absolute Gasteiger partial charge is 0.246 e. The van der Waals surface area contributed by atoms with E-state index in [1.165, 1.54) is 0 Å². The summed E-state index contributed by atoms with van der Waals surface area (Å²) in [4.78, 5) is 43.8. The predicted octanol–water partition coefficient (Wildman–Crippen LogP) is 4.58. The lowest BCUT2D eigenvalue weighted by molar-refractivity contribution is -0.142. The van der Waals surface area contributed by atoms with E-state index >= 15 is 0 Å². The van der Waals surface area contributed by atoms with Crippen LogP contribution in [0.25, 0.3) is 0 Å². The van der Waals surface area contributed by atoms with Crippen molar-refractivity contribution in [3.8, 4) is 5.75 Å². The molecule has 2 aromatic rings. The molecule has 216 valence electrons. The van der Waals surface area contributed by atoms with Crippen LogP contribution in [0, 0.1) is 23.7 Å². The SMILES string of the molecule is COc1ccccc1CN1C(=O)[C@H]2[C@H](C(=O)Nc3cccc(Cl)c3)[C@H]3C=C[C@@]2(O3)[C@@H]1C(=O)N[C@@H]1CCC[C@@H](C)[C@@H]1C. The summed E-state index contributed by atoms with van der Waals surface area (Å²) in [6.07, 6.45) is 6.12. The van der Waals surface area contributed by atoms with Gasteiger partial charge in [-0.1, -0.05) is 74.7 Å². The minimum Gasteiger partial charge on any atom is -0.496 e. The second-order valence-electron chi connectivity index (χ2n) is 11.9. The van der Waals surface area contributed by atoms with Gasteiger partial charge in [-0.2, -0.15) is 0 Å². The van der Waals surface area contributed by atoms with E-state index in [0.717, 1.165) is 24.8 Å². The number of hydrogen-bond acceptors (Lipinski definition) is 5. The van der Waals surface area contributed by atoms with Crippen molar-refractivity contribution in [2.45, 2.75) is 63.4 Å². The predicted molar refractivity (Wildman–Crippen MR) is 155 cm³/mol. The zero-order valence-corrected chi connectivity index (χ0v) is 24.3. The number of halogens is 1. The Balaban J connectivity index is 1.35. The Morgan fingerprint density at radius 2 is 1.93 bits per heavy atom. The van der Waals surface area contributed by atoms with Crippen LogP contribution in [0.4, 0.5) is 5.69 Å². The summed E-state index contributed by atoms with van der Waals surface area (Å²) < 4.78 is 12.1. The third-order valence-electron chi connectivity index (χ3n) is 9.58. The number of fused-ring (bicyclic) bond motifs is 1. The molecule has 2 aromatic carbocycles. The molecule has 2 bridgehead atoms. The number of carbonyl (C=O) groups is 3. The first-order valence-corrected chi connectivity index (χ1v) is 14.8. The highest BCUT2D eigenvalue weighted by Gasteiger charge is 2.72. The van der Waals surface area contributed by atoms with Gasteiger partial charge in [0.1, 0.15) is 17.4 Å². The Labute approximate surface area is 245 Å². The molecule has 1 saturated carbocycles. The molecule has 0 aromatic heterocycles. The summed E-state index contributed by atoms with van der Waals surface area (Å²) in [6, 6.07) is 13.4. The molecule has 2 saturated heterocycles. The maximum absolute atomic E-state index is 14.3. The average Bonchev–Trinajstić information content (AvgIpc) is 3.59. The van der Waals surface area contributed by atoms with Crippen molar-refractivity contribution >= 4 is 35.0 Å². The zero-order valence-electron chi connectivity index (χ0n) is 23.5. The number of anilines is 1. The zero-order chi connectivity index (χ0) is 28.9. The highest BCUT2D eigenvalue weighted by atomic mass is 35.5. The number of rotatable bonds is 7. The fraction of sp³-hybridized carbons (Fsp3) is 0.469. The van der Waals surface area contributed by atoms with E-state index < -0.39 is 29.6 Å². The Kier molecular flexibility index (Phi) is 7.32. The molecule has 9 heteroatoms. The first-order valence-electron chi connectivity index (χ1n) is 14.4. The van der Waals surface area contributed by atoms with Crippen LogP contribution >= 0.6 is 11.6 Å².